The Balaban J connectivity index is 2.70. The Hall–Kier alpha value is 0.314. The van der Waals surface area contributed by atoms with Crippen LogP contribution in [0.1, 0.15) is 32.6 Å². The van der Waals surface area contributed by atoms with Crippen molar-refractivity contribution in [3.63, 3.8) is 0 Å². The average Bonchev–Trinajstić information content (AvgIpc) is 2.29. The van der Waals surface area contributed by atoms with Gasteiger partial charge in [-0.3, -0.25) is 0 Å². The molecule has 0 aromatic rings. The van der Waals surface area contributed by atoms with Gasteiger partial charge in [0.2, 0.25) is 0 Å². The van der Waals surface area contributed by atoms with E-state index in [0.717, 1.165) is 25.9 Å². The molecule has 1 aliphatic rings. The molecule has 0 amide bonds. The summed E-state index contributed by atoms with van der Waals surface area (Å²) in [6.45, 7) is 11.3. The largest absolute Gasteiger partial charge is 0.415 e. The summed E-state index contributed by atoms with van der Waals surface area (Å²) >= 11 is 0. The molecule has 4 N–H and O–H groups in total. The van der Waals surface area contributed by atoms with Gasteiger partial charge < -0.3 is 15.9 Å². The topological polar surface area (TPSA) is 61.3 Å². The summed E-state index contributed by atoms with van der Waals surface area (Å²) in [5, 5.41) is 0. The fourth-order valence-electron chi connectivity index (χ4n) is 3.20. The Labute approximate surface area is 115 Å². The van der Waals surface area contributed by atoms with Gasteiger partial charge in [-0.2, -0.15) is 0 Å². The Morgan fingerprint density at radius 3 is 2.22 bits per heavy atom. The zero-order valence-electron chi connectivity index (χ0n) is 12.7. The summed E-state index contributed by atoms with van der Waals surface area (Å²) in [6.07, 6.45) is 4.63. The molecule has 1 rings (SSSR count). The molecule has 0 saturated carbocycles. The SMILES string of the molecule is CC1(CCCN)CC[Si](C)(CCCN)[Si](C)(C)O1. The van der Waals surface area contributed by atoms with Crippen LogP contribution in [0.5, 0.6) is 0 Å². The molecule has 0 aromatic heterocycles. The van der Waals surface area contributed by atoms with Gasteiger partial charge in [0.1, 0.15) is 0 Å². The minimum Gasteiger partial charge on any atom is -0.415 e. The lowest BCUT2D eigenvalue weighted by Gasteiger charge is -2.52. The summed E-state index contributed by atoms with van der Waals surface area (Å²) < 4.78 is 6.68. The monoisotopic (exact) mass is 288 g/mol. The fourth-order valence-corrected chi connectivity index (χ4v) is 14.4. The van der Waals surface area contributed by atoms with Crippen LogP contribution < -0.4 is 11.5 Å². The molecule has 5 heteroatoms. The van der Waals surface area contributed by atoms with E-state index in [9.17, 15) is 0 Å². The van der Waals surface area contributed by atoms with E-state index in [1.165, 1.54) is 24.9 Å². The predicted molar refractivity (Wildman–Crippen MR) is 84.8 cm³/mol. The number of rotatable bonds is 6. The first-order valence-electron chi connectivity index (χ1n) is 7.39. The van der Waals surface area contributed by atoms with Crippen molar-refractivity contribution in [1.29, 1.82) is 0 Å². The first-order chi connectivity index (χ1) is 8.29. The fraction of sp³-hybridized carbons (Fsp3) is 1.00. The minimum absolute atomic E-state index is 0.102. The Bertz CT molecular complexity index is 276. The van der Waals surface area contributed by atoms with Crippen LogP contribution in [-0.4, -0.2) is 34.1 Å². The first kappa shape index (κ1) is 16.4. The molecular weight excluding hydrogens is 256 g/mol. The zero-order valence-corrected chi connectivity index (χ0v) is 14.7. The predicted octanol–water partition coefficient (Wildman–Crippen LogP) is 2.62. The molecule has 108 valence electrons. The molecule has 1 aliphatic heterocycles. The van der Waals surface area contributed by atoms with Gasteiger partial charge in [-0.15, -0.1) is 0 Å². The van der Waals surface area contributed by atoms with E-state index in [-0.39, 0.29) is 5.60 Å². The van der Waals surface area contributed by atoms with E-state index in [2.05, 4.69) is 26.6 Å². The lowest BCUT2D eigenvalue weighted by molar-refractivity contribution is 0.0618. The maximum atomic E-state index is 6.68. The minimum atomic E-state index is -1.52. The summed E-state index contributed by atoms with van der Waals surface area (Å²) in [5.74, 6) is 0. The zero-order chi connectivity index (χ0) is 13.9. The van der Waals surface area contributed by atoms with Crippen molar-refractivity contribution in [3.05, 3.63) is 0 Å². The number of hydrogen-bond acceptors (Lipinski definition) is 3. The summed E-state index contributed by atoms with van der Waals surface area (Å²) in [6, 6.07) is 2.78. The summed E-state index contributed by atoms with van der Waals surface area (Å²) in [4.78, 5) is 0. The highest BCUT2D eigenvalue weighted by molar-refractivity contribution is 7.38. The van der Waals surface area contributed by atoms with E-state index >= 15 is 0 Å². The van der Waals surface area contributed by atoms with Crippen LogP contribution in [0.25, 0.3) is 0 Å². The van der Waals surface area contributed by atoms with Crippen molar-refractivity contribution in [2.24, 2.45) is 11.5 Å². The molecule has 1 saturated heterocycles. The second kappa shape index (κ2) is 6.18. The van der Waals surface area contributed by atoms with Crippen LogP contribution in [0, 0.1) is 0 Å². The molecule has 0 aliphatic carbocycles. The molecule has 2 unspecified atom stereocenters. The third kappa shape index (κ3) is 3.66. The van der Waals surface area contributed by atoms with Crippen LogP contribution in [0.4, 0.5) is 0 Å². The summed E-state index contributed by atoms with van der Waals surface area (Å²) in [7, 11) is -2.73. The molecule has 1 heterocycles. The second-order valence-electron chi connectivity index (χ2n) is 6.91. The molecule has 0 radical (unpaired) electrons. The van der Waals surface area contributed by atoms with Crippen LogP contribution in [0.15, 0.2) is 0 Å². The van der Waals surface area contributed by atoms with Gasteiger partial charge in [0.05, 0.1) is 13.2 Å². The van der Waals surface area contributed by atoms with Gasteiger partial charge in [-0.1, -0.05) is 18.6 Å². The van der Waals surface area contributed by atoms with E-state index < -0.39 is 15.4 Å². The highest BCUT2D eigenvalue weighted by Gasteiger charge is 2.53. The normalized spacial score (nSPS) is 35.7. The van der Waals surface area contributed by atoms with Gasteiger partial charge in [0, 0.05) is 0 Å². The van der Waals surface area contributed by atoms with Gasteiger partial charge in [0.25, 0.3) is 0 Å². The lowest BCUT2D eigenvalue weighted by Crippen LogP contribution is -2.66. The third-order valence-corrected chi connectivity index (χ3v) is 22.3. The highest BCUT2D eigenvalue weighted by atomic mass is 29.3. The number of hydrogen-bond donors (Lipinski definition) is 2. The maximum absolute atomic E-state index is 6.68. The van der Waals surface area contributed by atoms with Crippen molar-refractivity contribution < 1.29 is 4.43 Å². The maximum Gasteiger partial charge on any atom is 0.174 e. The van der Waals surface area contributed by atoms with Gasteiger partial charge in [0.15, 0.2) is 7.83 Å². The van der Waals surface area contributed by atoms with Crippen molar-refractivity contribution in [1.82, 2.24) is 0 Å². The Kier molecular flexibility index (Phi) is 5.62. The van der Waals surface area contributed by atoms with Crippen LogP contribution in [0.2, 0.25) is 31.7 Å². The van der Waals surface area contributed by atoms with Crippen molar-refractivity contribution in [2.75, 3.05) is 13.1 Å². The lowest BCUT2D eigenvalue weighted by atomic mass is 9.97. The van der Waals surface area contributed by atoms with E-state index in [1.54, 1.807) is 0 Å². The second-order valence-corrected chi connectivity index (χ2v) is 21.5. The molecule has 0 spiro atoms. The molecule has 0 aromatic carbocycles. The van der Waals surface area contributed by atoms with E-state index in [4.69, 9.17) is 15.9 Å². The van der Waals surface area contributed by atoms with Crippen molar-refractivity contribution in [2.45, 2.75) is 69.9 Å². The molecule has 3 nitrogen and oxygen atoms in total. The third-order valence-electron chi connectivity index (χ3n) is 5.00. The molecule has 2 atom stereocenters. The Morgan fingerprint density at radius 2 is 1.72 bits per heavy atom. The van der Waals surface area contributed by atoms with Gasteiger partial charge in [-0.25, -0.2) is 0 Å². The molecule has 1 fully saturated rings. The van der Waals surface area contributed by atoms with Gasteiger partial charge >= 0.3 is 0 Å². The van der Waals surface area contributed by atoms with E-state index in [1.807, 2.05) is 0 Å². The molecular formula is C13H32N2OSi2. The van der Waals surface area contributed by atoms with Crippen LogP contribution in [-0.2, 0) is 4.43 Å². The first-order valence-corrected chi connectivity index (χ1v) is 14.2. The number of nitrogens with two attached hydrogens (primary N) is 2. The van der Waals surface area contributed by atoms with Crippen molar-refractivity contribution in [3.8, 4) is 0 Å². The Morgan fingerprint density at radius 1 is 1.11 bits per heavy atom. The van der Waals surface area contributed by atoms with Crippen LogP contribution in [0.3, 0.4) is 0 Å². The summed E-state index contributed by atoms with van der Waals surface area (Å²) in [5.41, 5.74) is 11.4. The smallest absolute Gasteiger partial charge is 0.174 e. The van der Waals surface area contributed by atoms with E-state index in [0.29, 0.717) is 0 Å². The molecule has 18 heavy (non-hydrogen) atoms. The molecule has 0 bridgehead atoms. The van der Waals surface area contributed by atoms with Crippen LogP contribution >= 0.6 is 0 Å². The van der Waals surface area contributed by atoms with Crippen molar-refractivity contribution >= 4 is 15.4 Å². The quantitative estimate of drug-likeness (QED) is 0.739. The standard InChI is InChI=1S/C13H32N2OSi2/c1-13(7-5-9-14)8-12-18(4,11-6-10-15)17(2,3)16-13/h5-12,14-15H2,1-4H3. The van der Waals surface area contributed by atoms with Gasteiger partial charge in [-0.05, 0) is 58.8 Å². The highest BCUT2D eigenvalue weighted by Crippen LogP contribution is 2.43. The average molecular weight is 289 g/mol.